The molecule has 1 fully saturated rings. The Morgan fingerprint density at radius 2 is 2.31 bits per heavy atom. The lowest BCUT2D eigenvalue weighted by Gasteiger charge is -2.16. The molecule has 0 aromatic rings. The predicted molar refractivity (Wildman–Crippen MR) is 51.2 cm³/mol. The first-order valence-electron chi connectivity index (χ1n) is 4.83. The number of rotatable bonds is 2. The lowest BCUT2D eigenvalue weighted by Crippen LogP contribution is -2.21. The monoisotopic (exact) mass is 183 g/mol. The molecule has 0 bridgehead atoms. The molecule has 3 heteroatoms. The van der Waals surface area contributed by atoms with Crippen LogP contribution in [0.1, 0.15) is 33.1 Å². The van der Waals surface area contributed by atoms with Gasteiger partial charge in [0.1, 0.15) is 0 Å². The molecule has 0 spiro atoms. The van der Waals surface area contributed by atoms with Crippen molar-refractivity contribution >= 4 is 5.97 Å². The van der Waals surface area contributed by atoms with E-state index in [1.807, 2.05) is 13.8 Å². The van der Waals surface area contributed by atoms with E-state index in [1.165, 1.54) is 6.42 Å². The van der Waals surface area contributed by atoms with Crippen molar-refractivity contribution in [1.82, 2.24) is 5.32 Å². The minimum absolute atomic E-state index is 0.0343. The number of carbonyl (C=O) groups is 1. The predicted octanol–water partition coefficient (Wildman–Crippen LogP) is 1.60. The van der Waals surface area contributed by atoms with E-state index in [9.17, 15) is 4.79 Å². The summed E-state index contributed by atoms with van der Waals surface area (Å²) in [6.45, 7) is 4.68. The Hall–Kier alpha value is -0.990. The van der Waals surface area contributed by atoms with Gasteiger partial charge in [-0.15, -0.1) is 0 Å². The van der Waals surface area contributed by atoms with E-state index in [1.54, 1.807) is 6.08 Å². The molecule has 1 saturated heterocycles. The van der Waals surface area contributed by atoms with E-state index in [4.69, 9.17) is 4.74 Å². The number of ether oxygens (including phenoxy) is 1. The summed E-state index contributed by atoms with van der Waals surface area (Å²) in [5, 5.41) is 3.18. The summed E-state index contributed by atoms with van der Waals surface area (Å²) in [5.41, 5.74) is 1.01. The molecule has 1 heterocycles. The van der Waals surface area contributed by atoms with E-state index in [-0.39, 0.29) is 12.1 Å². The van der Waals surface area contributed by atoms with Crippen LogP contribution in [0.2, 0.25) is 0 Å². The highest BCUT2D eigenvalue weighted by molar-refractivity contribution is 5.82. The third kappa shape index (κ3) is 3.97. The van der Waals surface area contributed by atoms with Crippen LogP contribution < -0.4 is 5.32 Å². The molecule has 1 N–H and O–H groups in total. The fourth-order valence-corrected chi connectivity index (χ4v) is 1.31. The molecular formula is C10H17NO2. The van der Waals surface area contributed by atoms with Crippen molar-refractivity contribution in [2.45, 2.75) is 39.2 Å². The second-order valence-electron chi connectivity index (χ2n) is 3.54. The third-order valence-electron chi connectivity index (χ3n) is 1.87. The maximum atomic E-state index is 11.2. The summed E-state index contributed by atoms with van der Waals surface area (Å²) < 4.78 is 5.00. The van der Waals surface area contributed by atoms with Gasteiger partial charge in [0, 0.05) is 18.3 Å². The van der Waals surface area contributed by atoms with Crippen LogP contribution in [0.3, 0.4) is 0 Å². The molecular weight excluding hydrogens is 166 g/mol. The molecule has 74 valence electrons. The van der Waals surface area contributed by atoms with Crippen LogP contribution in [0.4, 0.5) is 0 Å². The van der Waals surface area contributed by atoms with Gasteiger partial charge in [-0.25, -0.2) is 4.79 Å². The third-order valence-corrected chi connectivity index (χ3v) is 1.87. The normalized spacial score (nSPS) is 20.1. The van der Waals surface area contributed by atoms with Crippen LogP contribution in [-0.4, -0.2) is 18.6 Å². The zero-order valence-corrected chi connectivity index (χ0v) is 8.30. The van der Waals surface area contributed by atoms with Crippen LogP contribution in [0.25, 0.3) is 0 Å². The van der Waals surface area contributed by atoms with E-state index in [0.717, 1.165) is 25.1 Å². The van der Waals surface area contributed by atoms with E-state index >= 15 is 0 Å². The Balaban J connectivity index is 2.39. The van der Waals surface area contributed by atoms with Gasteiger partial charge in [-0.05, 0) is 33.1 Å². The molecule has 0 unspecified atom stereocenters. The minimum atomic E-state index is -0.237. The average molecular weight is 183 g/mol. The summed E-state index contributed by atoms with van der Waals surface area (Å²) in [7, 11) is 0. The van der Waals surface area contributed by atoms with Crippen molar-refractivity contribution < 1.29 is 9.53 Å². The highest BCUT2D eigenvalue weighted by Crippen LogP contribution is 2.10. The summed E-state index contributed by atoms with van der Waals surface area (Å²) in [4.78, 5) is 11.2. The molecule has 0 aromatic heterocycles. The zero-order valence-electron chi connectivity index (χ0n) is 8.30. The molecule has 0 amide bonds. The van der Waals surface area contributed by atoms with Crippen molar-refractivity contribution in [3.63, 3.8) is 0 Å². The molecule has 0 atom stereocenters. The van der Waals surface area contributed by atoms with Crippen LogP contribution in [0.5, 0.6) is 0 Å². The van der Waals surface area contributed by atoms with Gasteiger partial charge in [0.05, 0.1) is 6.10 Å². The first-order valence-corrected chi connectivity index (χ1v) is 4.83. The van der Waals surface area contributed by atoms with E-state index in [2.05, 4.69) is 5.32 Å². The highest BCUT2D eigenvalue weighted by atomic mass is 16.5. The lowest BCUT2D eigenvalue weighted by molar-refractivity contribution is -0.141. The quantitative estimate of drug-likeness (QED) is 0.522. The van der Waals surface area contributed by atoms with E-state index < -0.39 is 0 Å². The van der Waals surface area contributed by atoms with Crippen molar-refractivity contribution in [1.29, 1.82) is 0 Å². The van der Waals surface area contributed by atoms with Crippen LogP contribution in [-0.2, 0) is 9.53 Å². The first kappa shape index (κ1) is 10.1. The lowest BCUT2D eigenvalue weighted by atomic mass is 10.1. The van der Waals surface area contributed by atoms with Gasteiger partial charge in [-0.2, -0.15) is 0 Å². The second kappa shape index (κ2) is 4.90. The summed E-state index contributed by atoms with van der Waals surface area (Å²) >= 11 is 0. The van der Waals surface area contributed by atoms with Gasteiger partial charge >= 0.3 is 5.97 Å². The van der Waals surface area contributed by atoms with Gasteiger partial charge in [0.15, 0.2) is 0 Å². The Labute approximate surface area is 79.2 Å². The van der Waals surface area contributed by atoms with Crippen molar-refractivity contribution in [2.75, 3.05) is 6.54 Å². The van der Waals surface area contributed by atoms with Gasteiger partial charge in [-0.3, -0.25) is 0 Å². The summed E-state index contributed by atoms with van der Waals surface area (Å²) in [5.74, 6) is -0.237. The number of nitrogens with one attached hydrogen (secondary N) is 1. The standard InChI is InChI=1S/C10H17NO2/c1-8(2)13-10(12)7-9-5-3-4-6-11-9/h7-8,11H,3-6H2,1-2H3/b9-7-. The van der Waals surface area contributed by atoms with Crippen molar-refractivity contribution in [3.8, 4) is 0 Å². The Kier molecular flexibility index (Phi) is 3.80. The zero-order chi connectivity index (χ0) is 9.68. The number of esters is 1. The number of hydrogen-bond acceptors (Lipinski definition) is 3. The summed E-state index contributed by atoms with van der Waals surface area (Å²) in [6.07, 6.45) is 4.85. The fourth-order valence-electron chi connectivity index (χ4n) is 1.31. The summed E-state index contributed by atoms with van der Waals surface area (Å²) in [6, 6.07) is 0. The largest absolute Gasteiger partial charge is 0.460 e. The number of piperidine rings is 1. The smallest absolute Gasteiger partial charge is 0.332 e. The van der Waals surface area contributed by atoms with Gasteiger partial charge < -0.3 is 10.1 Å². The molecule has 3 nitrogen and oxygen atoms in total. The van der Waals surface area contributed by atoms with Crippen molar-refractivity contribution in [3.05, 3.63) is 11.8 Å². The highest BCUT2D eigenvalue weighted by Gasteiger charge is 2.07. The van der Waals surface area contributed by atoms with Crippen LogP contribution in [0.15, 0.2) is 11.8 Å². The number of hydrogen-bond donors (Lipinski definition) is 1. The topological polar surface area (TPSA) is 38.3 Å². The molecule has 1 aliphatic heterocycles. The fraction of sp³-hybridized carbons (Fsp3) is 0.700. The molecule has 0 radical (unpaired) electrons. The second-order valence-corrected chi connectivity index (χ2v) is 3.54. The maximum Gasteiger partial charge on any atom is 0.332 e. The maximum absolute atomic E-state index is 11.2. The van der Waals surface area contributed by atoms with Gasteiger partial charge in [0.25, 0.3) is 0 Å². The number of allylic oxidation sites excluding steroid dienone is 1. The van der Waals surface area contributed by atoms with Crippen molar-refractivity contribution in [2.24, 2.45) is 0 Å². The van der Waals surface area contributed by atoms with Crippen LogP contribution >= 0.6 is 0 Å². The van der Waals surface area contributed by atoms with Gasteiger partial charge in [-0.1, -0.05) is 0 Å². The Morgan fingerprint density at radius 3 is 2.85 bits per heavy atom. The minimum Gasteiger partial charge on any atom is -0.460 e. The van der Waals surface area contributed by atoms with Gasteiger partial charge in [0.2, 0.25) is 0 Å². The number of carbonyl (C=O) groups excluding carboxylic acids is 1. The Morgan fingerprint density at radius 1 is 1.54 bits per heavy atom. The molecule has 13 heavy (non-hydrogen) atoms. The SMILES string of the molecule is CC(C)OC(=O)/C=C1/CCCCN1. The molecule has 1 aliphatic rings. The molecule has 0 aliphatic carbocycles. The van der Waals surface area contributed by atoms with Crippen LogP contribution in [0, 0.1) is 0 Å². The molecule has 0 saturated carbocycles. The van der Waals surface area contributed by atoms with E-state index in [0.29, 0.717) is 0 Å². The average Bonchev–Trinajstić information content (AvgIpc) is 2.04. The Bertz CT molecular complexity index is 201. The molecule has 1 rings (SSSR count). The first-order chi connectivity index (χ1) is 6.18. The molecule has 0 aromatic carbocycles.